The van der Waals surface area contributed by atoms with Gasteiger partial charge in [-0.3, -0.25) is 9.59 Å². The molecule has 1 fully saturated rings. The summed E-state index contributed by atoms with van der Waals surface area (Å²) in [6.45, 7) is 2.45. The largest absolute Gasteiger partial charge is 0.348 e. The Labute approximate surface area is 142 Å². The van der Waals surface area contributed by atoms with Gasteiger partial charge in [-0.1, -0.05) is 60.7 Å². The van der Waals surface area contributed by atoms with Gasteiger partial charge in [0, 0.05) is 13.0 Å². The number of carbonyl (C=O) groups is 2. The summed E-state index contributed by atoms with van der Waals surface area (Å²) in [6, 6.07) is 19.2. The van der Waals surface area contributed by atoms with Crippen LogP contribution in [0.1, 0.15) is 36.9 Å². The first kappa shape index (κ1) is 16.2. The van der Waals surface area contributed by atoms with Crippen LogP contribution >= 0.6 is 0 Å². The summed E-state index contributed by atoms with van der Waals surface area (Å²) in [5.74, 6) is -0.0282. The predicted octanol–water partition coefficient (Wildman–Crippen LogP) is 3.06. The van der Waals surface area contributed by atoms with Gasteiger partial charge in [-0.05, 0) is 24.5 Å². The van der Waals surface area contributed by atoms with E-state index < -0.39 is 0 Å². The highest BCUT2D eigenvalue weighted by molar-refractivity contribution is 5.91. The summed E-state index contributed by atoms with van der Waals surface area (Å²) in [5.41, 5.74) is 2.10. The first-order valence-corrected chi connectivity index (χ1v) is 8.34. The molecule has 1 aliphatic rings. The highest BCUT2D eigenvalue weighted by atomic mass is 16.2. The summed E-state index contributed by atoms with van der Waals surface area (Å²) in [5, 5.41) is 3.04. The lowest BCUT2D eigenvalue weighted by Crippen LogP contribution is -2.45. The van der Waals surface area contributed by atoms with Crippen molar-refractivity contribution in [1.29, 1.82) is 0 Å². The molecule has 0 aromatic heterocycles. The van der Waals surface area contributed by atoms with Crippen molar-refractivity contribution in [2.45, 2.75) is 38.4 Å². The molecule has 0 spiro atoms. The Kier molecular flexibility index (Phi) is 4.94. The van der Waals surface area contributed by atoms with Crippen LogP contribution in [-0.2, 0) is 16.1 Å². The van der Waals surface area contributed by atoms with Crippen molar-refractivity contribution in [3.05, 3.63) is 71.8 Å². The Morgan fingerprint density at radius 1 is 1.12 bits per heavy atom. The Balaban J connectivity index is 1.68. The van der Waals surface area contributed by atoms with Crippen LogP contribution in [0.5, 0.6) is 0 Å². The van der Waals surface area contributed by atoms with E-state index in [0.29, 0.717) is 19.4 Å². The number of nitrogens with one attached hydrogen (secondary N) is 1. The standard InChI is InChI=1S/C20H22N2O2/c1-15(17-10-6-3-7-11-17)21-20(24)18-12-13-19(23)22(18)14-16-8-4-2-5-9-16/h2-11,15,18H,12-14H2,1H3,(H,21,24)/t15?,18-/m0/s1. The van der Waals surface area contributed by atoms with Gasteiger partial charge in [0.2, 0.25) is 11.8 Å². The molecular formula is C20H22N2O2. The lowest BCUT2D eigenvalue weighted by molar-refractivity contribution is -0.136. The molecule has 2 atom stereocenters. The Morgan fingerprint density at radius 2 is 1.75 bits per heavy atom. The van der Waals surface area contributed by atoms with Crippen molar-refractivity contribution < 1.29 is 9.59 Å². The van der Waals surface area contributed by atoms with Crippen molar-refractivity contribution in [1.82, 2.24) is 10.2 Å². The van der Waals surface area contributed by atoms with Crippen molar-refractivity contribution >= 4 is 11.8 Å². The summed E-state index contributed by atoms with van der Waals surface area (Å²) in [7, 11) is 0. The monoisotopic (exact) mass is 322 g/mol. The molecule has 3 rings (SSSR count). The van der Waals surface area contributed by atoms with Crippen molar-refractivity contribution in [3.8, 4) is 0 Å². The van der Waals surface area contributed by atoms with Gasteiger partial charge in [0.25, 0.3) is 0 Å². The van der Waals surface area contributed by atoms with E-state index in [4.69, 9.17) is 0 Å². The minimum Gasteiger partial charge on any atom is -0.348 e. The molecular weight excluding hydrogens is 300 g/mol. The fraction of sp³-hybridized carbons (Fsp3) is 0.300. The number of hydrogen-bond donors (Lipinski definition) is 1. The molecule has 124 valence electrons. The van der Waals surface area contributed by atoms with Crippen LogP contribution in [0, 0.1) is 0 Å². The average molecular weight is 322 g/mol. The summed E-state index contributed by atoms with van der Waals surface area (Å²) < 4.78 is 0. The van der Waals surface area contributed by atoms with Crippen LogP contribution in [0.15, 0.2) is 60.7 Å². The van der Waals surface area contributed by atoms with E-state index >= 15 is 0 Å². The zero-order valence-electron chi connectivity index (χ0n) is 13.8. The molecule has 4 nitrogen and oxygen atoms in total. The SMILES string of the molecule is CC(NC(=O)[C@@H]1CCC(=O)N1Cc1ccccc1)c1ccccc1. The predicted molar refractivity (Wildman–Crippen MR) is 93.0 cm³/mol. The second kappa shape index (κ2) is 7.30. The smallest absolute Gasteiger partial charge is 0.243 e. The topological polar surface area (TPSA) is 49.4 Å². The molecule has 0 aliphatic carbocycles. The van der Waals surface area contributed by atoms with Gasteiger partial charge in [0.05, 0.1) is 6.04 Å². The molecule has 2 amide bonds. The second-order valence-corrected chi connectivity index (χ2v) is 6.20. The van der Waals surface area contributed by atoms with Gasteiger partial charge in [0.15, 0.2) is 0 Å². The van der Waals surface area contributed by atoms with Gasteiger partial charge >= 0.3 is 0 Å². The van der Waals surface area contributed by atoms with Crippen LogP contribution in [0.3, 0.4) is 0 Å². The zero-order chi connectivity index (χ0) is 16.9. The zero-order valence-corrected chi connectivity index (χ0v) is 13.8. The second-order valence-electron chi connectivity index (χ2n) is 6.20. The maximum Gasteiger partial charge on any atom is 0.243 e. The number of benzene rings is 2. The lowest BCUT2D eigenvalue weighted by Gasteiger charge is -2.26. The summed E-state index contributed by atoms with van der Waals surface area (Å²) in [6.07, 6.45) is 1.02. The summed E-state index contributed by atoms with van der Waals surface area (Å²) in [4.78, 5) is 26.6. The molecule has 1 N–H and O–H groups in total. The molecule has 0 bridgehead atoms. The highest BCUT2D eigenvalue weighted by Gasteiger charge is 2.36. The van der Waals surface area contributed by atoms with Gasteiger partial charge in [-0.25, -0.2) is 0 Å². The number of hydrogen-bond acceptors (Lipinski definition) is 2. The van der Waals surface area contributed by atoms with E-state index in [2.05, 4.69) is 5.32 Å². The van der Waals surface area contributed by atoms with E-state index in [9.17, 15) is 9.59 Å². The maximum atomic E-state index is 12.7. The number of amides is 2. The van der Waals surface area contributed by atoms with Gasteiger partial charge in [0.1, 0.15) is 6.04 Å². The third-order valence-electron chi connectivity index (χ3n) is 4.48. The number of carbonyl (C=O) groups excluding carboxylic acids is 2. The average Bonchev–Trinajstić information content (AvgIpc) is 2.97. The van der Waals surface area contributed by atoms with Crippen molar-refractivity contribution in [3.63, 3.8) is 0 Å². The molecule has 1 unspecified atom stereocenters. The lowest BCUT2D eigenvalue weighted by atomic mass is 10.1. The van der Waals surface area contributed by atoms with Crippen LogP contribution < -0.4 is 5.32 Å². The van der Waals surface area contributed by atoms with Crippen molar-refractivity contribution in [2.24, 2.45) is 0 Å². The number of nitrogens with zero attached hydrogens (tertiary/aromatic N) is 1. The van der Waals surface area contributed by atoms with E-state index in [1.165, 1.54) is 0 Å². The van der Waals surface area contributed by atoms with Gasteiger partial charge in [-0.15, -0.1) is 0 Å². The molecule has 1 saturated heterocycles. The van der Waals surface area contributed by atoms with E-state index in [-0.39, 0.29) is 23.9 Å². The van der Waals surface area contributed by atoms with Crippen LogP contribution in [0.4, 0.5) is 0 Å². The molecule has 2 aromatic rings. The van der Waals surface area contributed by atoms with Crippen LogP contribution in [-0.4, -0.2) is 22.8 Å². The molecule has 2 aromatic carbocycles. The minimum absolute atomic E-state index is 0.0476. The molecule has 1 heterocycles. The fourth-order valence-electron chi connectivity index (χ4n) is 3.12. The third-order valence-corrected chi connectivity index (χ3v) is 4.48. The number of rotatable bonds is 5. The minimum atomic E-state index is -0.385. The Morgan fingerprint density at radius 3 is 2.42 bits per heavy atom. The quantitative estimate of drug-likeness (QED) is 0.920. The van der Waals surface area contributed by atoms with Crippen LogP contribution in [0.2, 0.25) is 0 Å². The molecule has 0 saturated carbocycles. The maximum absolute atomic E-state index is 12.7. The first-order valence-electron chi connectivity index (χ1n) is 8.34. The Hall–Kier alpha value is -2.62. The van der Waals surface area contributed by atoms with Crippen LogP contribution in [0.25, 0.3) is 0 Å². The summed E-state index contributed by atoms with van der Waals surface area (Å²) >= 11 is 0. The molecule has 4 heteroatoms. The van der Waals surface area contributed by atoms with E-state index in [1.807, 2.05) is 67.6 Å². The molecule has 24 heavy (non-hydrogen) atoms. The van der Waals surface area contributed by atoms with Gasteiger partial charge in [-0.2, -0.15) is 0 Å². The number of likely N-dealkylation sites (tertiary alicyclic amines) is 1. The molecule has 1 aliphatic heterocycles. The highest BCUT2D eigenvalue weighted by Crippen LogP contribution is 2.23. The molecule has 0 radical (unpaired) electrons. The normalized spacial score (nSPS) is 18.5. The Bertz CT molecular complexity index is 700. The first-order chi connectivity index (χ1) is 11.6. The fourth-order valence-corrected chi connectivity index (χ4v) is 3.12. The van der Waals surface area contributed by atoms with E-state index in [0.717, 1.165) is 11.1 Å². The third kappa shape index (κ3) is 3.65. The van der Waals surface area contributed by atoms with Crippen molar-refractivity contribution in [2.75, 3.05) is 0 Å². The van der Waals surface area contributed by atoms with Gasteiger partial charge < -0.3 is 10.2 Å². The van der Waals surface area contributed by atoms with E-state index in [1.54, 1.807) is 4.90 Å².